The Morgan fingerprint density at radius 2 is 2.11 bits per heavy atom. The topological polar surface area (TPSA) is 57.9 Å². The lowest BCUT2D eigenvalue weighted by atomic mass is 10.2. The Morgan fingerprint density at radius 3 is 2.74 bits per heavy atom. The van der Waals surface area contributed by atoms with Crippen molar-refractivity contribution in [1.82, 2.24) is 4.98 Å². The van der Waals surface area contributed by atoms with Gasteiger partial charge in [0.15, 0.2) is 5.82 Å². The zero-order valence-corrected chi connectivity index (χ0v) is 11.5. The van der Waals surface area contributed by atoms with Crippen molar-refractivity contribution in [2.45, 2.75) is 0 Å². The first-order valence-corrected chi connectivity index (χ1v) is 6.06. The second-order valence-electron chi connectivity index (χ2n) is 3.61. The van der Waals surface area contributed by atoms with Crippen LogP contribution in [-0.2, 0) is 0 Å². The van der Waals surface area contributed by atoms with Crippen LogP contribution in [0.1, 0.15) is 5.56 Å². The van der Waals surface area contributed by atoms with Gasteiger partial charge in [-0.05, 0) is 24.3 Å². The van der Waals surface area contributed by atoms with Crippen LogP contribution in [0.25, 0.3) is 0 Å². The molecule has 0 bridgehead atoms. The molecule has 1 aromatic carbocycles. The maximum Gasteiger partial charge on any atom is 0.150 e. The SMILES string of the molecule is COc1ccc(Nc2nccc(C#N)c2Cl)cc1Cl. The number of nitrogens with one attached hydrogen (secondary N) is 1. The molecular weight excluding hydrogens is 285 g/mol. The van der Waals surface area contributed by atoms with Crippen molar-refractivity contribution in [3.63, 3.8) is 0 Å². The monoisotopic (exact) mass is 293 g/mol. The molecule has 0 aliphatic rings. The predicted octanol–water partition coefficient (Wildman–Crippen LogP) is 4.01. The standard InChI is InChI=1S/C13H9Cl2N3O/c1-19-11-3-2-9(6-10(11)14)18-13-12(15)8(7-16)4-5-17-13/h2-6H,1H3,(H,17,18). The van der Waals surface area contributed by atoms with Crippen LogP contribution in [0.4, 0.5) is 11.5 Å². The minimum absolute atomic E-state index is 0.275. The second kappa shape index (κ2) is 5.79. The highest BCUT2D eigenvalue weighted by Crippen LogP contribution is 2.30. The molecule has 1 aromatic heterocycles. The van der Waals surface area contributed by atoms with Crippen molar-refractivity contribution in [2.75, 3.05) is 12.4 Å². The normalized spacial score (nSPS) is 9.79. The van der Waals surface area contributed by atoms with Crippen molar-refractivity contribution in [1.29, 1.82) is 5.26 Å². The van der Waals surface area contributed by atoms with Gasteiger partial charge in [0.2, 0.25) is 0 Å². The molecule has 0 spiro atoms. The van der Waals surface area contributed by atoms with Crippen LogP contribution in [0.15, 0.2) is 30.5 Å². The molecule has 4 nitrogen and oxygen atoms in total. The van der Waals surface area contributed by atoms with E-state index in [0.29, 0.717) is 27.8 Å². The number of benzene rings is 1. The summed E-state index contributed by atoms with van der Waals surface area (Å²) >= 11 is 12.1. The van der Waals surface area contributed by atoms with Gasteiger partial charge in [-0.25, -0.2) is 4.98 Å². The minimum Gasteiger partial charge on any atom is -0.495 e. The van der Waals surface area contributed by atoms with Gasteiger partial charge < -0.3 is 10.1 Å². The lowest BCUT2D eigenvalue weighted by molar-refractivity contribution is 0.415. The van der Waals surface area contributed by atoms with Crippen LogP contribution in [0, 0.1) is 11.3 Å². The van der Waals surface area contributed by atoms with E-state index in [1.54, 1.807) is 31.4 Å². The van der Waals surface area contributed by atoms with Crippen LogP contribution in [0.3, 0.4) is 0 Å². The van der Waals surface area contributed by atoms with Crippen LogP contribution in [-0.4, -0.2) is 12.1 Å². The smallest absolute Gasteiger partial charge is 0.150 e. The van der Waals surface area contributed by atoms with E-state index in [1.165, 1.54) is 6.20 Å². The quantitative estimate of drug-likeness (QED) is 0.929. The van der Waals surface area contributed by atoms with Crippen LogP contribution in [0.5, 0.6) is 5.75 Å². The van der Waals surface area contributed by atoms with Crippen molar-refractivity contribution in [2.24, 2.45) is 0 Å². The first-order chi connectivity index (χ1) is 9.15. The number of halogens is 2. The fraction of sp³-hybridized carbons (Fsp3) is 0.0769. The van der Waals surface area contributed by atoms with Gasteiger partial charge in [-0.2, -0.15) is 5.26 Å². The van der Waals surface area contributed by atoms with E-state index >= 15 is 0 Å². The molecule has 0 saturated carbocycles. The summed E-state index contributed by atoms with van der Waals surface area (Å²) in [5, 5.41) is 12.6. The van der Waals surface area contributed by atoms with Crippen LogP contribution >= 0.6 is 23.2 Å². The van der Waals surface area contributed by atoms with Crippen molar-refractivity contribution in [3.8, 4) is 11.8 Å². The van der Waals surface area contributed by atoms with E-state index in [2.05, 4.69) is 10.3 Å². The van der Waals surface area contributed by atoms with E-state index in [1.807, 2.05) is 6.07 Å². The first kappa shape index (κ1) is 13.5. The number of rotatable bonds is 3. The summed E-state index contributed by atoms with van der Waals surface area (Å²) in [6.45, 7) is 0. The van der Waals surface area contributed by atoms with Gasteiger partial charge in [0, 0.05) is 11.9 Å². The summed E-state index contributed by atoms with van der Waals surface area (Å²) in [4.78, 5) is 4.09. The van der Waals surface area contributed by atoms with Crippen LogP contribution < -0.4 is 10.1 Å². The average Bonchev–Trinajstić information content (AvgIpc) is 2.41. The summed E-state index contributed by atoms with van der Waals surface area (Å²) < 4.78 is 5.07. The number of nitrogens with zero attached hydrogens (tertiary/aromatic N) is 2. The van der Waals surface area contributed by atoms with Crippen molar-refractivity contribution in [3.05, 3.63) is 46.1 Å². The third-order valence-corrected chi connectivity index (χ3v) is 3.10. The first-order valence-electron chi connectivity index (χ1n) is 5.31. The summed E-state index contributed by atoms with van der Waals surface area (Å²) in [5.74, 6) is 0.985. The highest BCUT2D eigenvalue weighted by Gasteiger charge is 2.08. The fourth-order valence-electron chi connectivity index (χ4n) is 1.50. The summed E-state index contributed by atoms with van der Waals surface area (Å²) in [6, 6.07) is 8.74. The summed E-state index contributed by atoms with van der Waals surface area (Å²) in [6.07, 6.45) is 1.51. The lowest BCUT2D eigenvalue weighted by Crippen LogP contribution is -1.96. The molecule has 0 amide bonds. The largest absolute Gasteiger partial charge is 0.495 e. The van der Waals surface area contributed by atoms with Gasteiger partial charge >= 0.3 is 0 Å². The van der Waals surface area contributed by atoms with Gasteiger partial charge in [-0.3, -0.25) is 0 Å². The number of hydrogen-bond acceptors (Lipinski definition) is 4. The third kappa shape index (κ3) is 2.90. The molecule has 1 N–H and O–H groups in total. The van der Waals surface area contributed by atoms with Crippen molar-refractivity contribution >= 4 is 34.7 Å². The highest BCUT2D eigenvalue weighted by atomic mass is 35.5. The lowest BCUT2D eigenvalue weighted by Gasteiger charge is -2.09. The second-order valence-corrected chi connectivity index (χ2v) is 4.39. The van der Waals surface area contributed by atoms with Gasteiger partial charge in [-0.15, -0.1) is 0 Å². The van der Waals surface area contributed by atoms with E-state index in [-0.39, 0.29) is 5.02 Å². The molecule has 19 heavy (non-hydrogen) atoms. The third-order valence-electron chi connectivity index (χ3n) is 2.42. The summed E-state index contributed by atoms with van der Waals surface area (Å²) in [7, 11) is 1.54. The predicted molar refractivity (Wildman–Crippen MR) is 75.2 cm³/mol. The maximum absolute atomic E-state index is 8.89. The highest BCUT2D eigenvalue weighted by molar-refractivity contribution is 6.34. The van der Waals surface area contributed by atoms with Crippen LogP contribution in [0.2, 0.25) is 10.0 Å². The number of aromatic nitrogens is 1. The molecule has 6 heteroatoms. The Morgan fingerprint density at radius 1 is 1.32 bits per heavy atom. The van der Waals surface area contributed by atoms with Crippen molar-refractivity contribution < 1.29 is 4.74 Å². The zero-order chi connectivity index (χ0) is 13.8. The van der Waals surface area contributed by atoms with Gasteiger partial charge in [0.1, 0.15) is 16.8 Å². The molecule has 0 radical (unpaired) electrons. The zero-order valence-electron chi connectivity index (χ0n) is 9.95. The number of pyridine rings is 1. The molecule has 2 aromatic rings. The summed E-state index contributed by atoms with van der Waals surface area (Å²) in [5.41, 5.74) is 1.06. The molecular formula is C13H9Cl2N3O. The number of hydrogen-bond donors (Lipinski definition) is 1. The molecule has 0 fully saturated rings. The van der Waals surface area contributed by atoms with Gasteiger partial charge in [0.05, 0.1) is 17.7 Å². The number of methoxy groups -OCH3 is 1. The van der Waals surface area contributed by atoms with E-state index in [0.717, 1.165) is 0 Å². The molecule has 0 saturated heterocycles. The Bertz CT molecular complexity index is 653. The van der Waals surface area contributed by atoms with Gasteiger partial charge in [0.25, 0.3) is 0 Å². The number of ether oxygens (including phenoxy) is 1. The molecule has 1 heterocycles. The molecule has 0 atom stereocenters. The maximum atomic E-state index is 8.89. The Hall–Kier alpha value is -1.96. The molecule has 0 unspecified atom stereocenters. The molecule has 2 rings (SSSR count). The fourth-order valence-corrected chi connectivity index (χ4v) is 1.96. The number of nitriles is 1. The Labute approximate surface area is 120 Å². The van der Waals surface area contributed by atoms with E-state index < -0.39 is 0 Å². The number of anilines is 2. The van der Waals surface area contributed by atoms with Gasteiger partial charge in [-0.1, -0.05) is 23.2 Å². The molecule has 0 aliphatic heterocycles. The van der Waals surface area contributed by atoms with E-state index in [9.17, 15) is 0 Å². The minimum atomic E-state index is 0.275. The van der Waals surface area contributed by atoms with E-state index in [4.69, 9.17) is 33.2 Å². The molecule has 0 aliphatic carbocycles. The Balaban J connectivity index is 2.32. The average molecular weight is 294 g/mol. The Kier molecular flexibility index (Phi) is 4.10. The molecule has 96 valence electrons.